The number of alkyl halides is 3. The third-order valence-corrected chi connectivity index (χ3v) is 3.94. The molecule has 148 valence electrons. The van der Waals surface area contributed by atoms with Crippen molar-refractivity contribution in [3.05, 3.63) is 69.9 Å². The van der Waals surface area contributed by atoms with Crippen LogP contribution in [0.5, 0.6) is 5.75 Å². The first-order valence-electron chi connectivity index (χ1n) is 8.28. The van der Waals surface area contributed by atoms with Gasteiger partial charge in [-0.3, -0.25) is 4.79 Å². The van der Waals surface area contributed by atoms with Gasteiger partial charge >= 0.3 is 6.18 Å². The summed E-state index contributed by atoms with van der Waals surface area (Å²) < 4.78 is 45.5. The van der Waals surface area contributed by atoms with E-state index in [1.165, 1.54) is 24.3 Å². The number of aromatic nitrogens is 3. The molecule has 0 aliphatic carbocycles. The van der Waals surface area contributed by atoms with Crippen LogP contribution in [0.1, 0.15) is 16.8 Å². The van der Waals surface area contributed by atoms with E-state index in [0.717, 1.165) is 6.07 Å². The maximum absolute atomic E-state index is 13.3. The Morgan fingerprint density at radius 3 is 2.41 bits per heavy atom. The van der Waals surface area contributed by atoms with Crippen molar-refractivity contribution < 1.29 is 17.9 Å². The van der Waals surface area contributed by atoms with Crippen LogP contribution in [-0.2, 0) is 12.8 Å². The number of rotatable bonds is 5. The quantitative estimate of drug-likeness (QED) is 0.680. The van der Waals surface area contributed by atoms with Crippen LogP contribution in [0.15, 0.2) is 47.5 Å². The number of ether oxygens (including phenoxy) is 1. The van der Waals surface area contributed by atoms with Crippen LogP contribution in [0.3, 0.4) is 0 Å². The van der Waals surface area contributed by atoms with Crippen LogP contribution in [0.2, 0.25) is 0 Å². The summed E-state index contributed by atoms with van der Waals surface area (Å²) in [5.41, 5.74) is -2.10. The molecular formula is C19H14F3N5O2. The van der Waals surface area contributed by atoms with Crippen LogP contribution in [0.4, 0.5) is 19.1 Å². The molecule has 3 rings (SSSR count). The van der Waals surface area contributed by atoms with Gasteiger partial charge < -0.3 is 15.0 Å². The summed E-state index contributed by atoms with van der Waals surface area (Å²) in [6.07, 6.45) is -1.60. The molecule has 0 radical (unpaired) electrons. The summed E-state index contributed by atoms with van der Waals surface area (Å²) in [5.74, 6) is 0.890. The fourth-order valence-corrected chi connectivity index (χ4v) is 2.52. The van der Waals surface area contributed by atoms with Crippen LogP contribution in [-0.4, -0.2) is 22.0 Å². The number of halogens is 3. The summed E-state index contributed by atoms with van der Waals surface area (Å²) in [6, 6.07) is 8.34. The molecule has 0 saturated carbocycles. The highest BCUT2D eigenvalue weighted by Crippen LogP contribution is 2.35. The van der Waals surface area contributed by atoms with Crippen LogP contribution >= 0.6 is 0 Å². The number of nitriles is 1. The molecule has 0 fully saturated rings. The third-order valence-electron chi connectivity index (χ3n) is 3.94. The first-order valence-corrected chi connectivity index (χ1v) is 8.28. The molecule has 2 aromatic heterocycles. The van der Waals surface area contributed by atoms with E-state index in [2.05, 4.69) is 15.3 Å². The van der Waals surface area contributed by atoms with Crippen LogP contribution < -0.4 is 15.6 Å². The number of hydrogen-bond donors (Lipinski definition) is 2. The Morgan fingerprint density at radius 2 is 1.86 bits per heavy atom. The van der Waals surface area contributed by atoms with Gasteiger partial charge in [-0.15, -0.1) is 0 Å². The molecule has 0 spiro atoms. The normalized spacial score (nSPS) is 11.0. The molecule has 0 atom stereocenters. The van der Waals surface area contributed by atoms with Gasteiger partial charge in [0, 0.05) is 30.6 Å². The highest BCUT2D eigenvalue weighted by molar-refractivity contribution is 5.68. The molecule has 0 aliphatic rings. The topological polar surface area (TPSA) is 104 Å². The van der Waals surface area contributed by atoms with Crippen molar-refractivity contribution in [3.8, 4) is 22.9 Å². The maximum Gasteiger partial charge on any atom is 0.431 e. The number of hydrogen-bond acceptors (Lipinski definition) is 6. The van der Waals surface area contributed by atoms with Gasteiger partial charge in [0.1, 0.15) is 29.7 Å². The van der Waals surface area contributed by atoms with Crippen molar-refractivity contribution >= 4 is 5.95 Å². The van der Waals surface area contributed by atoms with E-state index >= 15 is 0 Å². The summed E-state index contributed by atoms with van der Waals surface area (Å²) in [7, 11) is 1.69. The Bertz CT molecular complexity index is 1100. The van der Waals surface area contributed by atoms with Gasteiger partial charge in [0.25, 0.3) is 5.56 Å². The molecule has 10 heteroatoms. The molecule has 7 nitrogen and oxygen atoms in total. The Kier molecular flexibility index (Phi) is 5.50. The van der Waals surface area contributed by atoms with Gasteiger partial charge in [-0.25, -0.2) is 9.97 Å². The number of anilines is 1. The fourth-order valence-electron chi connectivity index (χ4n) is 2.52. The summed E-state index contributed by atoms with van der Waals surface area (Å²) in [4.78, 5) is 21.5. The van der Waals surface area contributed by atoms with E-state index in [4.69, 9.17) is 10.00 Å². The van der Waals surface area contributed by atoms with Gasteiger partial charge in [-0.2, -0.15) is 18.4 Å². The molecule has 0 bridgehead atoms. The molecular weight excluding hydrogens is 387 g/mol. The van der Waals surface area contributed by atoms with Crippen molar-refractivity contribution in [2.75, 3.05) is 12.4 Å². The number of nitrogens with zero attached hydrogens (tertiary/aromatic N) is 3. The number of benzene rings is 1. The summed E-state index contributed by atoms with van der Waals surface area (Å²) in [5, 5.41) is 11.7. The van der Waals surface area contributed by atoms with Crippen molar-refractivity contribution in [2.45, 2.75) is 12.8 Å². The van der Waals surface area contributed by atoms with Crippen molar-refractivity contribution in [3.63, 3.8) is 0 Å². The lowest BCUT2D eigenvalue weighted by atomic mass is 10.0. The second-order valence-electron chi connectivity index (χ2n) is 5.89. The number of H-pyrrole nitrogens is 1. The van der Waals surface area contributed by atoms with E-state index < -0.39 is 23.0 Å². The number of pyridine rings is 1. The SMILES string of the molecule is CNc1ncc(COc2ccc(-c3cc(C#N)c(=O)[nH]c3C(F)(F)F)cc2)cn1. The highest BCUT2D eigenvalue weighted by atomic mass is 19.4. The zero-order chi connectivity index (χ0) is 21.0. The van der Waals surface area contributed by atoms with Crippen LogP contribution in [0.25, 0.3) is 11.1 Å². The summed E-state index contributed by atoms with van der Waals surface area (Å²) >= 11 is 0. The fraction of sp³-hybridized carbons (Fsp3) is 0.158. The summed E-state index contributed by atoms with van der Waals surface area (Å²) in [6.45, 7) is 0.175. The minimum absolute atomic E-state index is 0.175. The van der Waals surface area contributed by atoms with Gasteiger partial charge in [-0.1, -0.05) is 12.1 Å². The Labute approximate surface area is 162 Å². The first kappa shape index (κ1) is 19.9. The van der Waals surface area contributed by atoms with E-state index in [1.54, 1.807) is 30.5 Å². The van der Waals surface area contributed by atoms with E-state index in [1.807, 2.05) is 0 Å². The zero-order valence-electron chi connectivity index (χ0n) is 15.0. The second kappa shape index (κ2) is 8.02. The lowest BCUT2D eigenvalue weighted by Crippen LogP contribution is -2.20. The molecule has 0 saturated heterocycles. The zero-order valence-corrected chi connectivity index (χ0v) is 15.0. The lowest BCUT2D eigenvalue weighted by molar-refractivity contribution is -0.140. The Balaban J connectivity index is 1.84. The molecule has 0 amide bonds. The van der Waals surface area contributed by atoms with Crippen molar-refractivity contribution in [2.24, 2.45) is 0 Å². The van der Waals surface area contributed by atoms with Crippen molar-refractivity contribution in [1.29, 1.82) is 5.26 Å². The van der Waals surface area contributed by atoms with Crippen molar-refractivity contribution in [1.82, 2.24) is 15.0 Å². The van der Waals surface area contributed by atoms with E-state index in [9.17, 15) is 18.0 Å². The lowest BCUT2D eigenvalue weighted by Gasteiger charge is -2.13. The average Bonchev–Trinajstić information content (AvgIpc) is 2.72. The molecule has 1 aromatic carbocycles. The second-order valence-corrected chi connectivity index (χ2v) is 5.89. The predicted octanol–water partition coefficient (Wildman–Crippen LogP) is 3.34. The first-order chi connectivity index (χ1) is 13.8. The standard InChI is InChI=1S/C19H14F3N5O2/c1-24-18-25-8-11(9-26-18)10-29-14-4-2-12(3-5-14)15-6-13(7-23)17(28)27-16(15)19(20,21)22/h2-6,8-9H,10H2,1H3,(H,27,28)(H,24,25,26). The Morgan fingerprint density at radius 1 is 1.21 bits per heavy atom. The molecule has 29 heavy (non-hydrogen) atoms. The van der Waals surface area contributed by atoms with E-state index in [-0.39, 0.29) is 17.7 Å². The van der Waals surface area contributed by atoms with Gasteiger partial charge in [-0.05, 0) is 23.8 Å². The van der Waals surface area contributed by atoms with Gasteiger partial charge in [0.05, 0.1) is 0 Å². The smallest absolute Gasteiger partial charge is 0.431 e. The van der Waals surface area contributed by atoms with Gasteiger partial charge in [0.2, 0.25) is 5.95 Å². The molecule has 3 aromatic rings. The van der Waals surface area contributed by atoms with Crippen LogP contribution in [0, 0.1) is 11.3 Å². The minimum atomic E-state index is -4.78. The number of aromatic amines is 1. The van der Waals surface area contributed by atoms with E-state index in [0.29, 0.717) is 17.3 Å². The largest absolute Gasteiger partial charge is 0.489 e. The highest BCUT2D eigenvalue weighted by Gasteiger charge is 2.35. The minimum Gasteiger partial charge on any atom is -0.489 e. The maximum atomic E-state index is 13.3. The molecule has 2 heterocycles. The average molecular weight is 401 g/mol. The number of nitrogens with one attached hydrogen (secondary N) is 2. The molecule has 0 unspecified atom stereocenters. The predicted molar refractivity (Wildman–Crippen MR) is 98.1 cm³/mol. The van der Waals surface area contributed by atoms with Gasteiger partial charge in [0.15, 0.2) is 0 Å². The Hall–Kier alpha value is -3.87. The molecule has 0 aliphatic heterocycles. The monoisotopic (exact) mass is 401 g/mol. The molecule has 2 N–H and O–H groups in total. The third kappa shape index (κ3) is 4.52.